The zero-order valence-corrected chi connectivity index (χ0v) is 13.1. The monoisotopic (exact) mass is 288 g/mol. The molecule has 2 heterocycles. The first-order valence-electron chi connectivity index (χ1n) is 7.07. The molecule has 0 spiro atoms. The van der Waals surface area contributed by atoms with Gasteiger partial charge >= 0.3 is 0 Å². The Kier molecular flexibility index (Phi) is 3.28. The maximum absolute atomic E-state index is 12.3. The highest BCUT2D eigenvalue weighted by molar-refractivity contribution is 7.09. The number of ketones is 1. The molecule has 2 aromatic rings. The van der Waals surface area contributed by atoms with Crippen LogP contribution in [0.5, 0.6) is 0 Å². The maximum atomic E-state index is 12.3. The van der Waals surface area contributed by atoms with Crippen LogP contribution < -0.4 is 0 Å². The van der Waals surface area contributed by atoms with Crippen LogP contribution in [-0.4, -0.2) is 15.3 Å². The quantitative estimate of drug-likeness (QED) is 0.864. The van der Waals surface area contributed by atoms with Gasteiger partial charge in [0.2, 0.25) is 0 Å². The summed E-state index contributed by atoms with van der Waals surface area (Å²) < 4.78 is 2.32. The van der Waals surface area contributed by atoms with E-state index < -0.39 is 0 Å². The van der Waals surface area contributed by atoms with Gasteiger partial charge in [-0.25, -0.2) is 4.98 Å². The highest BCUT2D eigenvalue weighted by atomic mass is 32.1. The van der Waals surface area contributed by atoms with E-state index in [9.17, 15) is 4.79 Å². The molecule has 1 aliphatic carbocycles. The van der Waals surface area contributed by atoms with Crippen molar-refractivity contribution >= 4 is 17.1 Å². The summed E-state index contributed by atoms with van der Waals surface area (Å²) in [4.78, 5) is 16.6. The molecule has 3 rings (SSSR count). The van der Waals surface area contributed by atoms with E-state index in [0.717, 1.165) is 30.0 Å². The lowest BCUT2D eigenvalue weighted by Gasteiger charge is -2.29. The summed E-state index contributed by atoms with van der Waals surface area (Å²) in [6.45, 7) is 7.38. The summed E-state index contributed by atoms with van der Waals surface area (Å²) in [6.07, 6.45) is 4.44. The van der Waals surface area contributed by atoms with E-state index in [0.29, 0.717) is 12.2 Å². The number of hydrogen-bond acceptors (Lipinski definition) is 3. The fourth-order valence-corrected chi connectivity index (χ4v) is 3.71. The number of aromatic nitrogens is 2. The van der Waals surface area contributed by atoms with Crippen molar-refractivity contribution < 1.29 is 4.79 Å². The molecule has 0 radical (unpaired) electrons. The SMILES string of the molecule is Cc1cc2c(n1CCc1nccs1)CC(C)(C)CC2=O. The zero-order chi connectivity index (χ0) is 14.3. The van der Waals surface area contributed by atoms with Crippen LogP contribution in [0, 0.1) is 12.3 Å². The minimum atomic E-state index is 0.0772. The minimum Gasteiger partial charge on any atom is -0.348 e. The third-order valence-electron chi connectivity index (χ3n) is 4.03. The molecule has 20 heavy (non-hydrogen) atoms. The van der Waals surface area contributed by atoms with Crippen molar-refractivity contribution in [3.63, 3.8) is 0 Å². The summed E-state index contributed by atoms with van der Waals surface area (Å²) in [7, 11) is 0. The minimum absolute atomic E-state index is 0.0772. The van der Waals surface area contributed by atoms with Crippen LogP contribution in [0.1, 0.15) is 47.0 Å². The van der Waals surface area contributed by atoms with Gasteiger partial charge in [0, 0.05) is 47.9 Å². The van der Waals surface area contributed by atoms with Gasteiger partial charge in [-0.2, -0.15) is 0 Å². The summed E-state index contributed by atoms with van der Waals surface area (Å²) in [5.74, 6) is 0.298. The van der Waals surface area contributed by atoms with Gasteiger partial charge in [0.1, 0.15) is 0 Å². The number of hydrogen-bond donors (Lipinski definition) is 0. The number of carbonyl (C=O) groups is 1. The zero-order valence-electron chi connectivity index (χ0n) is 12.3. The molecule has 0 unspecified atom stereocenters. The van der Waals surface area contributed by atoms with Crippen LogP contribution in [0.25, 0.3) is 0 Å². The summed E-state index contributed by atoms with van der Waals surface area (Å²) in [6, 6.07) is 2.06. The summed E-state index contributed by atoms with van der Waals surface area (Å²) in [5.41, 5.74) is 3.44. The van der Waals surface area contributed by atoms with Crippen LogP contribution in [0.15, 0.2) is 17.6 Å². The number of carbonyl (C=O) groups excluding carboxylic acids is 1. The van der Waals surface area contributed by atoms with Crippen LogP contribution in [0.4, 0.5) is 0 Å². The highest BCUT2D eigenvalue weighted by Gasteiger charge is 2.33. The normalized spacial score (nSPS) is 17.2. The molecule has 2 aromatic heterocycles. The predicted octanol–water partition coefficient (Wildman–Crippen LogP) is 3.65. The van der Waals surface area contributed by atoms with E-state index in [1.54, 1.807) is 11.3 Å². The van der Waals surface area contributed by atoms with Crippen LogP contribution >= 0.6 is 11.3 Å². The maximum Gasteiger partial charge on any atom is 0.165 e. The Morgan fingerprint density at radius 3 is 2.90 bits per heavy atom. The van der Waals surface area contributed by atoms with Crippen molar-refractivity contribution in [2.24, 2.45) is 5.41 Å². The average molecular weight is 288 g/mol. The largest absolute Gasteiger partial charge is 0.348 e. The molecule has 0 aromatic carbocycles. The summed E-state index contributed by atoms with van der Waals surface area (Å²) in [5, 5.41) is 3.17. The Bertz CT molecular complexity index is 638. The number of Topliss-reactive ketones (excluding diaryl/α,β-unsaturated/α-hetero) is 1. The number of aryl methyl sites for hydroxylation is 2. The van der Waals surface area contributed by atoms with Gasteiger partial charge in [0.25, 0.3) is 0 Å². The topological polar surface area (TPSA) is 34.9 Å². The molecule has 0 saturated carbocycles. The van der Waals surface area contributed by atoms with Crippen molar-refractivity contribution in [1.82, 2.24) is 9.55 Å². The van der Waals surface area contributed by atoms with E-state index in [4.69, 9.17) is 0 Å². The average Bonchev–Trinajstić information content (AvgIpc) is 2.94. The first-order chi connectivity index (χ1) is 9.46. The molecule has 0 saturated heterocycles. The number of rotatable bonds is 3. The van der Waals surface area contributed by atoms with Crippen LogP contribution in [0.3, 0.4) is 0 Å². The second-order valence-corrected chi connectivity index (χ2v) is 7.39. The molecule has 0 atom stereocenters. The van der Waals surface area contributed by atoms with Gasteiger partial charge in [0.05, 0.1) is 5.01 Å². The first kappa shape index (κ1) is 13.6. The lowest BCUT2D eigenvalue weighted by atomic mass is 9.76. The van der Waals surface area contributed by atoms with Crippen molar-refractivity contribution in [3.8, 4) is 0 Å². The first-order valence-corrected chi connectivity index (χ1v) is 7.95. The van der Waals surface area contributed by atoms with Crippen molar-refractivity contribution in [3.05, 3.63) is 39.6 Å². The molecule has 0 amide bonds. The van der Waals surface area contributed by atoms with Crippen molar-refractivity contribution in [2.45, 2.75) is 46.6 Å². The summed E-state index contributed by atoms with van der Waals surface area (Å²) >= 11 is 1.70. The standard InChI is InChI=1S/C16H20N2OS/c1-11-8-12-13(9-16(2,3)10-14(12)19)18(11)6-4-15-17-5-7-20-15/h5,7-8H,4,6,9-10H2,1-3H3. The smallest absolute Gasteiger partial charge is 0.165 e. The molecule has 0 fully saturated rings. The molecule has 4 heteroatoms. The lowest BCUT2D eigenvalue weighted by molar-refractivity contribution is 0.0910. The fourth-order valence-electron chi connectivity index (χ4n) is 3.10. The van der Waals surface area contributed by atoms with Crippen molar-refractivity contribution in [1.29, 1.82) is 0 Å². The molecule has 0 aliphatic heterocycles. The predicted molar refractivity (Wildman–Crippen MR) is 81.4 cm³/mol. The third kappa shape index (κ3) is 2.44. The molecule has 0 N–H and O–H groups in total. The van der Waals surface area contributed by atoms with Gasteiger partial charge < -0.3 is 4.57 Å². The number of nitrogens with zero attached hydrogens (tertiary/aromatic N) is 2. The van der Waals surface area contributed by atoms with Gasteiger partial charge in [-0.3, -0.25) is 4.79 Å². The highest BCUT2D eigenvalue weighted by Crippen LogP contribution is 2.36. The van der Waals surface area contributed by atoms with E-state index in [1.165, 1.54) is 11.4 Å². The molecular weight excluding hydrogens is 268 g/mol. The van der Waals surface area contributed by atoms with Gasteiger partial charge in [-0.1, -0.05) is 13.8 Å². The number of thiazole rings is 1. The second kappa shape index (κ2) is 4.85. The van der Waals surface area contributed by atoms with Crippen molar-refractivity contribution in [2.75, 3.05) is 0 Å². The van der Waals surface area contributed by atoms with Crippen LogP contribution in [-0.2, 0) is 19.4 Å². The molecule has 1 aliphatic rings. The molecular formula is C16H20N2OS. The third-order valence-corrected chi connectivity index (χ3v) is 4.87. The van der Waals surface area contributed by atoms with Gasteiger partial charge in [-0.05, 0) is 24.8 Å². The molecule has 3 nitrogen and oxygen atoms in total. The second-order valence-electron chi connectivity index (χ2n) is 6.41. The van der Waals surface area contributed by atoms with E-state index in [-0.39, 0.29) is 5.41 Å². The molecule has 106 valence electrons. The Morgan fingerprint density at radius 1 is 1.40 bits per heavy atom. The number of fused-ring (bicyclic) bond motifs is 1. The Hall–Kier alpha value is -1.42. The Morgan fingerprint density at radius 2 is 2.20 bits per heavy atom. The van der Waals surface area contributed by atoms with Crippen LogP contribution in [0.2, 0.25) is 0 Å². The fraction of sp³-hybridized carbons (Fsp3) is 0.500. The molecule has 0 bridgehead atoms. The lowest BCUT2D eigenvalue weighted by Crippen LogP contribution is -2.28. The van der Waals surface area contributed by atoms with Gasteiger partial charge in [-0.15, -0.1) is 11.3 Å². The van der Waals surface area contributed by atoms with Gasteiger partial charge in [0.15, 0.2) is 5.78 Å². The Balaban J connectivity index is 1.90. The Labute approximate surface area is 123 Å². The van der Waals surface area contributed by atoms with E-state index >= 15 is 0 Å². The van der Waals surface area contributed by atoms with E-state index in [1.807, 2.05) is 11.6 Å². The van der Waals surface area contributed by atoms with E-state index in [2.05, 4.69) is 36.4 Å².